The summed E-state index contributed by atoms with van der Waals surface area (Å²) >= 11 is 0. The van der Waals surface area contributed by atoms with Crippen LogP contribution in [0.3, 0.4) is 0 Å². The standard InChI is InChI=1S/C27H48O4/c1-19(17-24(4,5)6)12-15-26(22(28)29)14-10-11-21(3)27(26,23(30)31)16-13-20(2)18-25(7,8)9/h10-11,19-21H,12-18H2,1-9H3,(H,28,29)(H,30,31). The van der Waals surface area contributed by atoms with Gasteiger partial charge in [0.25, 0.3) is 0 Å². The number of carboxylic acid groups (broad SMARTS) is 2. The molecule has 0 saturated heterocycles. The van der Waals surface area contributed by atoms with Crippen LogP contribution in [0.1, 0.15) is 107 Å². The molecule has 31 heavy (non-hydrogen) atoms. The maximum Gasteiger partial charge on any atom is 0.311 e. The maximum atomic E-state index is 12.9. The van der Waals surface area contributed by atoms with E-state index in [4.69, 9.17) is 0 Å². The van der Waals surface area contributed by atoms with Crippen LogP contribution >= 0.6 is 0 Å². The van der Waals surface area contributed by atoms with Crippen LogP contribution in [-0.2, 0) is 9.59 Å². The van der Waals surface area contributed by atoms with Crippen molar-refractivity contribution in [3.63, 3.8) is 0 Å². The molecule has 0 aromatic carbocycles. The molecule has 0 spiro atoms. The van der Waals surface area contributed by atoms with Gasteiger partial charge < -0.3 is 10.2 Å². The lowest BCUT2D eigenvalue weighted by Gasteiger charge is -2.50. The van der Waals surface area contributed by atoms with Crippen molar-refractivity contribution in [2.24, 2.45) is 39.4 Å². The highest BCUT2D eigenvalue weighted by Gasteiger charge is 2.63. The van der Waals surface area contributed by atoms with Gasteiger partial charge in [-0.3, -0.25) is 9.59 Å². The van der Waals surface area contributed by atoms with E-state index in [1.165, 1.54) is 0 Å². The van der Waals surface area contributed by atoms with E-state index in [0.29, 0.717) is 31.1 Å². The third-order valence-electron chi connectivity index (χ3n) is 7.33. The highest BCUT2D eigenvalue weighted by atomic mass is 16.4. The molecule has 0 bridgehead atoms. The fourth-order valence-electron chi connectivity index (χ4n) is 6.20. The zero-order valence-electron chi connectivity index (χ0n) is 21.5. The lowest BCUT2D eigenvalue weighted by Crippen LogP contribution is -2.57. The quantitative estimate of drug-likeness (QED) is 0.349. The van der Waals surface area contributed by atoms with Gasteiger partial charge in [0, 0.05) is 0 Å². The zero-order chi connectivity index (χ0) is 24.3. The molecule has 0 amide bonds. The van der Waals surface area contributed by atoms with Gasteiger partial charge in [0.05, 0.1) is 10.8 Å². The topological polar surface area (TPSA) is 74.6 Å². The predicted molar refractivity (Wildman–Crippen MR) is 128 cm³/mol. The van der Waals surface area contributed by atoms with Crippen molar-refractivity contribution in [3.05, 3.63) is 12.2 Å². The molecule has 5 atom stereocenters. The number of aliphatic carboxylic acids is 2. The molecule has 0 radical (unpaired) electrons. The fourth-order valence-corrected chi connectivity index (χ4v) is 6.20. The Kier molecular flexibility index (Phi) is 9.02. The van der Waals surface area contributed by atoms with E-state index >= 15 is 0 Å². The van der Waals surface area contributed by atoms with E-state index in [-0.39, 0.29) is 16.7 Å². The second-order valence-corrected chi connectivity index (χ2v) is 12.9. The van der Waals surface area contributed by atoms with Gasteiger partial charge in [0.2, 0.25) is 0 Å². The van der Waals surface area contributed by atoms with Gasteiger partial charge >= 0.3 is 11.9 Å². The average Bonchev–Trinajstić information content (AvgIpc) is 2.55. The van der Waals surface area contributed by atoms with Gasteiger partial charge in [-0.2, -0.15) is 0 Å². The molecule has 0 saturated carbocycles. The lowest BCUT2D eigenvalue weighted by atomic mass is 9.50. The summed E-state index contributed by atoms with van der Waals surface area (Å²) in [7, 11) is 0. The van der Waals surface area contributed by atoms with Crippen LogP contribution in [-0.4, -0.2) is 22.2 Å². The van der Waals surface area contributed by atoms with Crippen molar-refractivity contribution in [1.29, 1.82) is 0 Å². The second-order valence-electron chi connectivity index (χ2n) is 12.9. The van der Waals surface area contributed by atoms with Gasteiger partial charge in [-0.1, -0.05) is 74.5 Å². The summed E-state index contributed by atoms with van der Waals surface area (Å²) in [5.41, 5.74) is -2.20. The molecule has 1 aliphatic rings. The second kappa shape index (κ2) is 10.1. The molecular formula is C27H48O4. The Hall–Kier alpha value is -1.32. The van der Waals surface area contributed by atoms with Crippen LogP contribution in [0.4, 0.5) is 0 Å². The highest BCUT2D eigenvalue weighted by Crippen LogP contribution is 2.58. The fraction of sp³-hybridized carbons (Fsp3) is 0.852. The predicted octanol–water partition coefficient (Wildman–Crippen LogP) is 7.43. The molecule has 5 unspecified atom stereocenters. The molecule has 0 aromatic rings. The maximum absolute atomic E-state index is 12.9. The smallest absolute Gasteiger partial charge is 0.311 e. The van der Waals surface area contributed by atoms with Gasteiger partial charge in [-0.05, 0) is 73.5 Å². The SMILES string of the molecule is CC(CCC1(C(=O)O)CC=CC(C)C1(CCC(C)CC(C)(C)C)C(=O)O)CC(C)(C)C. The molecule has 1 rings (SSSR count). The van der Waals surface area contributed by atoms with Crippen LogP contribution in [0.2, 0.25) is 0 Å². The summed E-state index contributed by atoms with van der Waals surface area (Å²) in [6, 6.07) is 0. The summed E-state index contributed by atoms with van der Waals surface area (Å²) in [4.78, 5) is 25.7. The Morgan fingerprint density at radius 1 is 0.903 bits per heavy atom. The summed E-state index contributed by atoms with van der Waals surface area (Å²) in [5, 5.41) is 21.0. The van der Waals surface area contributed by atoms with Crippen LogP contribution in [0.15, 0.2) is 12.2 Å². The Morgan fingerprint density at radius 3 is 1.74 bits per heavy atom. The minimum absolute atomic E-state index is 0.167. The molecule has 0 fully saturated rings. The third-order valence-corrected chi connectivity index (χ3v) is 7.33. The van der Waals surface area contributed by atoms with Crippen LogP contribution < -0.4 is 0 Å². The first-order valence-corrected chi connectivity index (χ1v) is 12.1. The Labute approximate surface area is 190 Å². The molecule has 1 aliphatic carbocycles. The number of hydrogen-bond acceptors (Lipinski definition) is 2. The normalized spacial score (nSPS) is 28.9. The molecule has 0 aliphatic heterocycles. The van der Waals surface area contributed by atoms with E-state index in [1.54, 1.807) is 0 Å². The number of carboxylic acids is 2. The van der Waals surface area contributed by atoms with Gasteiger partial charge in [-0.15, -0.1) is 0 Å². The van der Waals surface area contributed by atoms with E-state index in [2.05, 4.69) is 55.4 Å². The molecule has 2 N–H and O–H groups in total. The summed E-state index contributed by atoms with van der Waals surface area (Å²) in [5.74, 6) is -1.50. The van der Waals surface area contributed by atoms with E-state index < -0.39 is 22.8 Å². The zero-order valence-corrected chi connectivity index (χ0v) is 21.5. The minimum Gasteiger partial charge on any atom is -0.481 e. The molecule has 0 aromatic heterocycles. The lowest BCUT2D eigenvalue weighted by molar-refractivity contribution is -0.182. The van der Waals surface area contributed by atoms with E-state index in [1.807, 2.05) is 19.1 Å². The van der Waals surface area contributed by atoms with Crippen molar-refractivity contribution in [2.75, 3.05) is 0 Å². The minimum atomic E-state index is -1.28. The molecule has 4 nitrogen and oxygen atoms in total. The Balaban J connectivity index is 3.29. The summed E-state index contributed by atoms with van der Waals surface area (Å²) in [6.07, 6.45) is 8.42. The highest BCUT2D eigenvalue weighted by molar-refractivity contribution is 5.88. The van der Waals surface area contributed by atoms with Crippen LogP contribution in [0.5, 0.6) is 0 Å². The van der Waals surface area contributed by atoms with Crippen molar-refractivity contribution in [2.45, 2.75) is 107 Å². The number of rotatable bonds is 10. The van der Waals surface area contributed by atoms with Crippen molar-refractivity contribution >= 4 is 11.9 Å². The first-order chi connectivity index (χ1) is 14.0. The monoisotopic (exact) mass is 436 g/mol. The molecule has 4 heteroatoms. The average molecular weight is 437 g/mol. The molecular weight excluding hydrogens is 388 g/mol. The number of allylic oxidation sites excluding steroid dienone is 2. The van der Waals surface area contributed by atoms with Crippen molar-refractivity contribution in [3.8, 4) is 0 Å². The van der Waals surface area contributed by atoms with E-state index in [9.17, 15) is 19.8 Å². The Bertz CT molecular complexity index is 651. The summed E-state index contributed by atoms with van der Waals surface area (Å²) < 4.78 is 0. The van der Waals surface area contributed by atoms with Gasteiger partial charge in [0.15, 0.2) is 0 Å². The van der Waals surface area contributed by atoms with Crippen molar-refractivity contribution in [1.82, 2.24) is 0 Å². The summed E-state index contributed by atoms with van der Waals surface area (Å²) in [6.45, 7) is 19.4. The molecule has 180 valence electrons. The first-order valence-electron chi connectivity index (χ1n) is 12.1. The van der Waals surface area contributed by atoms with Crippen LogP contribution in [0, 0.1) is 39.4 Å². The first kappa shape index (κ1) is 27.7. The van der Waals surface area contributed by atoms with Crippen LogP contribution in [0.25, 0.3) is 0 Å². The number of hydrogen-bond donors (Lipinski definition) is 2. The molecule has 0 heterocycles. The van der Waals surface area contributed by atoms with Gasteiger partial charge in [-0.25, -0.2) is 0 Å². The Morgan fingerprint density at radius 2 is 1.35 bits per heavy atom. The van der Waals surface area contributed by atoms with E-state index in [0.717, 1.165) is 25.7 Å². The largest absolute Gasteiger partial charge is 0.481 e. The third kappa shape index (κ3) is 6.83. The number of carbonyl (C=O) groups is 2. The van der Waals surface area contributed by atoms with Crippen molar-refractivity contribution < 1.29 is 19.8 Å². The van der Waals surface area contributed by atoms with Gasteiger partial charge in [0.1, 0.15) is 0 Å².